The number of aromatic nitrogens is 2. The fourth-order valence-electron chi connectivity index (χ4n) is 4.50. The van der Waals surface area contributed by atoms with Gasteiger partial charge in [-0.1, -0.05) is 24.3 Å². The summed E-state index contributed by atoms with van der Waals surface area (Å²) in [5.41, 5.74) is 1.74. The summed E-state index contributed by atoms with van der Waals surface area (Å²) in [5.74, 6) is 0.147. The lowest BCUT2D eigenvalue weighted by atomic mass is 9.89. The lowest BCUT2D eigenvalue weighted by molar-refractivity contribution is -0.136. The minimum atomic E-state index is -4.51. The van der Waals surface area contributed by atoms with Gasteiger partial charge < -0.3 is 14.2 Å². The van der Waals surface area contributed by atoms with Crippen LogP contribution in [0.3, 0.4) is 0 Å². The van der Waals surface area contributed by atoms with E-state index in [0.29, 0.717) is 35.4 Å². The zero-order valence-corrected chi connectivity index (χ0v) is 21.6. The van der Waals surface area contributed by atoms with Crippen LogP contribution in [0.1, 0.15) is 53.7 Å². The zero-order valence-electron chi connectivity index (χ0n) is 21.6. The van der Waals surface area contributed by atoms with Crippen molar-refractivity contribution in [3.8, 4) is 23.1 Å². The van der Waals surface area contributed by atoms with E-state index >= 15 is 0 Å². The van der Waals surface area contributed by atoms with Crippen LogP contribution in [0.5, 0.6) is 5.75 Å². The Morgan fingerprint density at radius 2 is 1.90 bits per heavy atom. The molecule has 0 saturated carbocycles. The Labute approximate surface area is 224 Å². The van der Waals surface area contributed by atoms with Crippen molar-refractivity contribution in [3.63, 3.8) is 0 Å². The van der Waals surface area contributed by atoms with Crippen molar-refractivity contribution in [3.05, 3.63) is 89.2 Å². The maximum absolute atomic E-state index is 13.4. The maximum Gasteiger partial charge on any atom is 0.419 e. The molecule has 2 heterocycles. The van der Waals surface area contributed by atoms with Crippen LogP contribution in [0.15, 0.2) is 67.0 Å². The van der Waals surface area contributed by atoms with Crippen molar-refractivity contribution < 1.29 is 27.8 Å². The van der Waals surface area contributed by atoms with Gasteiger partial charge in [-0.3, -0.25) is 4.79 Å². The summed E-state index contributed by atoms with van der Waals surface area (Å²) in [6.45, 7) is 3.63. The number of aliphatic hydroxyl groups is 1. The fraction of sp³-hybridized carbons (Fsp3) is 0.300. The Balaban J connectivity index is 1.48. The SMILES string of the molecule is CC(C)Oc1ccc(C(=O)C[C@H](CCO)Cc2ccc(-c3cn4cccc(C(F)(F)F)c4n3)cc2)cc1C#N. The summed E-state index contributed by atoms with van der Waals surface area (Å²) >= 11 is 0. The molecule has 9 heteroatoms. The molecule has 1 N–H and O–H groups in total. The summed E-state index contributed by atoms with van der Waals surface area (Å²) < 4.78 is 47.0. The number of imidazole rings is 1. The van der Waals surface area contributed by atoms with Crippen molar-refractivity contribution >= 4 is 11.4 Å². The third-order valence-corrected chi connectivity index (χ3v) is 6.36. The van der Waals surface area contributed by atoms with Gasteiger partial charge in [0.25, 0.3) is 0 Å². The number of nitriles is 1. The molecule has 0 radical (unpaired) electrons. The van der Waals surface area contributed by atoms with Crippen LogP contribution in [0.25, 0.3) is 16.9 Å². The second kappa shape index (κ2) is 11.7. The molecule has 0 aliphatic heterocycles. The molecule has 0 amide bonds. The molecule has 0 spiro atoms. The van der Waals surface area contributed by atoms with E-state index in [0.717, 1.165) is 11.6 Å². The van der Waals surface area contributed by atoms with E-state index in [1.807, 2.05) is 26.0 Å². The van der Waals surface area contributed by atoms with Crippen LogP contribution in [0, 0.1) is 17.2 Å². The lowest BCUT2D eigenvalue weighted by Crippen LogP contribution is -2.14. The summed E-state index contributed by atoms with van der Waals surface area (Å²) in [4.78, 5) is 17.2. The molecule has 2 aromatic heterocycles. The van der Waals surface area contributed by atoms with Crippen LogP contribution >= 0.6 is 0 Å². The second-order valence-corrected chi connectivity index (χ2v) is 9.67. The molecule has 0 bridgehead atoms. The minimum absolute atomic E-state index is 0.0799. The van der Waals surface area contributed by atoms with E-state index in [9.17, 15) is 28.3 Å². The molecule has 0 aliphatic carbocycles. The molecular weight excluding hydrogens is 507 g/mol. The Hall–Kier alpha value is -4.16. The van der Waals surface area contributed by atoms with Gasteiger partial charge in [0, 0.05) is 36.5 Å². The molecule has 39 heavy (non-hydrogen) atoms. The number of alkyl halides is 3. The van der Waals surface area contributed by atoms with Crippen LogP contribution < -0.4 is 4.74 Å². The highest BCUT2D eigenvalue weighted by Crippen LogP contribution is 2.33. The molecule has 0 saturated heterocycles. The lowest BCUT2D eigenvalue weighted by Gasteiger charge is -2.16. The number of benzene rings is 2. The Morgan fingerprint density at radius 1 is 1.15 bits per heavy atom. The molecule has 6 nitrogen and oxygen atoms in total. The van der Waals surface area contributed by atoms with E-state index in [-0.39, 0.29) is 42.0 Å². The first kappa shape index (κ1) is 27.9. The number of nitrogens with zero attached hydrogens (tertiary/aromatic N) is 3. The Kier molecular flexibility index (Phi) is 8.36. The van der Waals surface area contributed by atoms with Gasteiger partial charge >= 0.3 is 6.18 Å². The molecule has 4 aromatic rings. The average molecular weight is 536 g/mol. The van der Waals surface area contributed by atoms with Crippen molar-refractivity contribution in [2.24, 2.45) is 5.92 Å². The average Bonchev–Trinajstić information content (AvgIpc) is 3.33. The standard InChI is InChI=1S/C30H28F3N3O3/c1-19(2)39-28-10-9-23(16-24(28)17-34)27(38)15-21(11-13-37)14-20-5-7-22(8-6-20)26-18-36-12-3-4-25(29(36)35-26)30(31,32)33/h3-10,12,16,18-19,21,37H,11,13-15H2,1-2H3/t21-/m1/s1. The van der Waals surface area contributed by atoms with Crippen molar-refractivity contribution in [1.29, 1.82) is 5.26 Å². The molecule has 0 fully saturated rings. The first-order valence-electron chi connectivity index (χ1n) is 12.6. The molecule has 2 aromatic carbocycles. The van der Waals surface area contributed by atoms with Gasteiger partial charge in [0.2, 0.25) is 0 Å². The Bertz CT molecular complexity index is 1500. The summed E-state index contributed by atoms with van der Waals surface area (Å²) in [7, 11) is 0. The molecule has 0 aliphatic rings. The zero-order chi connectivity index (χ0) is 28.2. The van der Waals surface area contributed by atoms with Crippen LogP contribution in [-0.4, -0.2) is 33.0 Å². The van der Waals surface area contributed by atoms with E-state index < -0.39 is 11.7 Å². The number of hydrogen-bond donors (Lipinski definition) is 1. The van der Waals surface area contributed by atoms with Gasteiger partial charge in [0.15, 0.2) is 5.78 Å². The normalized spacial score (nSPS) is 12.5. The summed E-state index contributed by atoms with van der Waals surface area (Å²) in [6, 6.07) is 16.5. The molecular formula is C30H28F3N3O3. The predicted molar refractivity (Wildman–Crippen MR) is 140 cm³/mol. The van der Waals surface area contributed by atoms with Crippen molar-refractivity contribution in [2.75, 3.05) is 6.61 Å². The number of carbonyl (C=O) groups is 1. The number of carbonyl (C=O) groups excluding carboxylic acids is 1. The summed E-state index contributed by atoms with van der Waals surface area (Å²) in [5, 5.41) is 19.0. The van der Waals surface area contributed by atoms with E-state index in [4.69, 9.17) is 4.74 Å². The number of aliphatic hydroxyl groups excluding tert-OH is 1. The number of ether oxygens (including phenoxy) is 1. The van der Waals surface area contributed by atoms with Gasteiger partial charge in [-0.2, -0.15) is 18.4 Å². The van der Waals surface area contributed by atoms with Crippen molar-refractivity contribution in [1.82, 2.24) is 9.38 Å². The summed E-state index contributed by atoms with van der Waals surface area (Å²) in [6.07, 6.45) is -0.409. The number of fused-ring (bicyclic) bond motifs is 1. The number of rotatable bonds is 10. The largest absolute Gasteiger partial charge is 0.490 e. The van der Waals surface area contributed by atoms with Gasteiger partial charge in [0.05, 0.1) is 22.9 Å². The topological polar surface area (TPSA) is 87.6 Å². The van der Waals surface area contributed by atoms with Gasteiger partial charge in [-0.15, -0.1) is 0 Å². The monoisotopic (exact) mass is 535 g/mol. The fourth-order valence-corrected chi connectivity index (χ4v) is 4.50. The quantitative estimate of drug-likeness (QED) is 0.235. The van der Waals surface area contributed by atoms with Gasteiger partial charge in [-0.25, -0.2) is 4.98 Å². The molecule has 4 rings (SSSR count). The molecule has 1 atom stereocenters. The number of halogens is 3. The van der Waals surface area contributed by atoms with E-state index in [1.54, 1.807) is 30.5 Å². The van der Waals surface area contributed by atoms with E-state index in [1.165, 1.54) is 22.7 Å². The maximum atomic E-state index is 13.4. The van der Waals surface area contributed by atoms with Crippen LogP contribution in [0.2, 0.25) is 0 Å². The number of hydrogen-bond acceptors (Lipinski definition) is 5. The second-order valence-electron chi connectivity index (χ2n) is 9.67. The first-order valence-corrected chi connectivity index (χ1v) is 12.6. The number of ketones is 1. The Morgan fingerprint density at radius 3 is 2.54 bits per heavy atom. The van der Waals surface area contributed by atoms with Crippen LogP contribution in [-0.2, 0) is 12.6 Å². The highest BCUT2D eigenvalue weighted by atomic mass is 19.4. The number of Topliss-reactive ketones (excluding diaryl/α,β-unsaturated/α-hetero) is 1. The third kappa shape index (κ3) is 6.65. The highest BCUT2D eigenvalue weighted by molar-refractivity contribution is 5.96. The van der Waals surface area contributed by atoms with Gasteiger partial charge in [-0.05, 0) is 68.5 Å². The minimum Gasteiger partial charge on any atom is -0.490 e. The number of pyridine rings is 1. The smallest absolute Gasteiger partial charge is 0.419 e. The first-order chi connectivity index (χ1) is 18.6. The van der Waals surface area contributed by atoms with E-state index in [2.05, 4.69) is 11.1 Å². The highest BCUT2D eigenvalue weighted by Gasteiger charge is 2.34. The third-order valence-electron chi connectivity index (χ3n) is 6.36. The van der Waals surface area contributed by atoms with Gasteiger partial charge in [0.1, 0.15) is 17.5 Å². The van der Waals surface area contributed by atoms with Crippen LogP contribution in [0.4, 0.5) is 13.2 Å². The van der Waals surface area contributed by atoms with Crippen molar-refractivity contribution in [2.45, 2.75) is 45.4 Å². The predicted octanol–water partition coefficient (Wildman–Crippen LogP) is 6.49. The molecule has 202 valence electrons. The molecule has 0 unspecified atom stereocenters.